The van der Waals surface area contributed by atoms with E-state index in [1.54, 1.807) is 0 Å². The third-order valence-corrected chi connectivity index (χ3v) is 3.79. The van der Waals surface area contributed by atoms with Crippen LogP contribution in [0.15, 0.2) is 0 Å². The quantitative estimate of drug-likeness (QED) is 0.769. The molecular formula is C14H27NO2. The number of nitrogens with one attached hydrogen (secondary N) is 1. The Morgan fingerprint density at radius 1 is 1.41 bits per heavy atom. The maximum Gasteiger partial charge on any atom is 0.313 e. The van der Waals surface area contributed by atoms with Crippen LogP contribution in [0.4, 0.5) is 0 Å². The fraction of sp³-hybridized carbons (Fsp3) is 0.929. The average Bonchev–Trinajstić information content (AvgIpc) is 2.64. The van der Waals surface area contributed by atoms with Gasteiger partial charge in [-0.3, -0.25) is 4.79 Å². The summed E-state index contributed by atoms with van der Waals surface area (Å²) in [7, 11) is 0. The van der Waals surface area contributed by atoms with Gasteiger partial charge in [-0.15, -0.1) is 0 Å². The van der Waals surface area contributed by atoms with E-state index >= 15 is 0 Å². The van der Waals surface area contributed by atoms with E-state index in [0.29, 0.717) is 12.5 Å². The minimum absolute atomic E-state index is 0.0123. The molecule has 0 radical (unpaired) electrons. The van der Waals surface area contributed by atoms with Crippen molar-refractivity contribution >= 4 is 5.97 Å². The number of ether oxygens (including phenoxy) is 1. The molecule has 1 heterocycles. The average molecular weight is 241 g/mol. The van der Waals surface area contributed by atoms with E-state index in [0.717, 1.165) is 25.9 Å². The van der Waals surface area contributed by atoms with E-state index in [1.165, 1.54) is 0 Å². The fourth-order valence-electron chi connectivity index (χ4n) is 2.21. The van der Waals surface area contributed by atoms with Crippen LogP contribution in [-0.4, -0.2) is 25.7 Å². The van der Waals surface area contributed by atoms with E-state index in [4.69, 9.17) is 4.74 Å². The second-order valence-electron chi connectivity index (χ2n) is 6.68. The molecule has 17 heavy (non-hydrogen) atoms. The molecule has 1 aliphatic rings. The highest BCUT2D eigenvalue weighted by Gasteiger charge is 2.45. The lowest BCUT2D eigenvalue weighted by Crippen LogP contribution is -2.40. The Kier molecular flexibility index (Phi) is 4.59. The summed E-state index contributed by atoms with van der Waals surface area (Å²) < 4.78 is 5.49. The molecule has 1 aliphatic heterocycles. The first kappa shape index (κ1) is 14.5. The van der Waals surface area contributed by atoms with Crippen LogP contribution in [0, 0.1) is 16.7 Å². The summed E-state index contributed by atoms with van der Waals surface area (Å²) in [4.78, 5) is 12.2. The van der Waals surface area contributed by atoms with Gasteiger partial charge in [0.2, 0.25) is 0 Å². The first-order valence-electron chi connectivity index (χ1n) is 6.66. The molecule has 1 saturated heterocycles. The normalized spacial score (nSPS) is 25.3. The monoisotopic (exact) mass is 241 g/mol. The second-order valence-corrected chi connectivity index (χ2v) is 6.68. The van der Waals surface area contributed by atoms with Crippen molar-refractivity contribution in [2.75, 3.05) is 19.7 Å². The zero-order valence-electron chi connectivity index (χ0n) is 11.9. The van der Waals surface area contributed by atoms with E-state index in [-0.39, 0.29) is 16.8 Å². The van der Waals surface area contributed by atoms with Crippen molar-refractivity contribution in [1.29, 1.82) is 0 Å². The molecule has 1 rings (SSSR count). The highest BCUT2D eigenvalue weighted by atomic mass is 16.5. The van der Waals surface area contributed by atoms with Crippen LogP contribution in [0.1, 0.15) is 47.5 Å². The Hall–Kier alpha value is -0.570. The molecular weight excluding hydrogens is 214 g/mol. The Morgan fingerprint density at radius 3 is 2.47 bits per heavy atom. The third-order valence-electron chi connectivity index (χ3n) is 3.79. The minimum Gasteiger partial charge on any atom is -0.465 e. The SMILES string of the molecule is CC(C)C1(C(=O)OCCC(C)(C)C)CCNC1. The van der Waals surface area contributed by atoms with Crippen molar-refractivity contribution in [2.24, 2.45) is 16.7 Å². The van der Waals surface area contributed by atoms with Gasteiger partial charge in [0.1, 0.15) is 0 Å². The van der Waals surface area contributed by atoms with Gasteiger partial charge in [-0.05, 0) is 30.7 Å². The van der Waals surface area contributed by atoms with Crippen LogP contribution >= 0.6 is 0 Å². The summed E-state index contributed by atoms with van der Waals surface area (Å²) in [5.74, 6) is 0.321. The molecule has 3 heteroatoms. The zero-order valence-corrected chi connectivity index (χ0v) is 11.9. The van der Waals surface area contributed by atoms with Crippen molar-refractivity contribution in [3.63, 3.8) is 0 Å². The van der Waals surface area contributed by atoms with Gasteiger partial charge in [-0.25, -0.2) is 0 Å². The van der Waals surface area contributed by atoms with Gasteiger partial charge in [0.25, 0.3) is 0 Å². The summed E-state index contributed by atoms with van der Waals surface area (Å²) in [6, 6.07) is 0. The Bertz CT molecular complexity index is 260. The standard InChI is InChI=1S/C14H27NO2/c1-11(2)14(6-8-15-10-14)12(16)17-9-7-13(3,4)5/h11,15H,6-10H2,1-5H3. The van der Waals surface area contributed by atoms with E-state index in [2.05, 4.69) is 39.9 Å². The van der Waals surface area contributed by atoms with Gasteiger partial charge in [-0.2, -0.15) is 0 Å². The first-order valence-corrected chi connectivity index (χ1v) is 6.66. The van der Waals surface area contributed by atoms with Crippen molar-refractivity contribution in [3.8, 4) is 0 Å². The van der Waals surface area contributed by atoms with E-state index in [9.17, 15) is 4.79 Å². The number of rotatable bonds is 4. The predicted molar refractivity (Wildman–Crippen MR) is 69.8 cm³/mol. The molecule has 0 amide bonds. The number of carbonyl (C=O) groups excluding carboxylic acids is 1. The van der Waals surface area contributed by atoms with Gasteiger partial charge >= 0.3 is 5.97 Å². The van der Waals surface area contributed by atoms with Crippen LogP contribution in [-0.2, 0) is 9.53 Å². The van der Waals surface area contributed by atoms with Gasteiger partial charge in [-0.1, -0.05) is 34.6 Å². The molecule has 0 aromatic heterocycles. The Morgan fingerprint density at radius 2 is 2.06 bits per heavy atom. The molecule has 1 fully saturated rings. The summed E-state index contributed by atoms with van der Waals surface area (Å²) in [5, 5.41) is 3.28. The van der Waals surface area contributed by atoms with Crippen LogP contribution in [0.25, 0.3) is 0 Å². The lowest BCUT2D eigenvalue weighted by molar-refractivity contribution is -0.158. The lowest BCUT2D eigenvalue weighted by Gasteiger charge is -2.30. The molecule has 0 aromatic rings. The molecule has 3 nitrogen and oxygen atoms in total. The second kappa shape index (κ2) is 5.38. The van der Waals surface area contributed by atoms with Gasteiger partial charge in [0, 0.05) is 6.54 Å². The minimum atomic E-state index is -0.294. The van der Waals surface area contributed by atoms with Crippen LogP contribution in [0.2, 0.25) is 0 Å². The maximum absolute atomic E-state index is 12.2. The highest BCUT2D eigenvalue weighted by Crippen LogP contribution is 2.35. The number of hydrogen-bond acceptors (Lipinski definition) is 3. The summed E-state index contributed by atoms with van der Waals surface area (Å²) in [5.41, 5.74) is -0.0723. The molecule has 100 valence electrons. The Balaban J connectivity index is 2.50. The number of esters is 1. The largest absolute Gasteiger partial charge is 0.465 e. The van der Waals surface area contributed by atoms with Crippen LogP contribution < -0.4 is 5.32 Å². The third kappa shape index (κ3) is 3.70. The highest BCUT2D eigenvalue weighted by molar-refractivity contribution is 5.78. The lowest BCUT2D eigenvalue weighted by atomic mass is 9.76. The Labute approximate surface area is 105 Å². The molecule has 0 aliphatic carbocycles. The molecule has 0 saturated carbocycles. The molecule has 1 unspecified atom stereocenters. The summed E-state index contributed by atoms with van der Waals surface area (Å²) in [6.45, 7) is 12.9. The fourth-order valence-corrected chi connectivity index (χ4v) is 2.21. The van der Waals surface area contributed by atoms with Gasteiger partial charge in [0.05, 0.1) is 12.0 Å². The number of hydrogen-bond donors (Lipinski definition) is 1. The topological polar surface area (TPSA) is 38.3 Å². The molecule has 0 spiro atoms. The van der Waals surface area contributed by atoms with Crippen molar-refractivity contribution in [3.05, 3.63) is 0 Å². The van der Waals surface area contributed by atoms with Crippen molar-refractivity contribution < 1.29 is 9.53 Å². The van der Waals surface area contributed by atoms with Crippen molar-refractivity contribution in [2.45, 2.75) is 47.5 Å². The summed E-state index contributed by atoms with van der Waals surface area (Å²) in [6.07, 6.45) is 1.82. The first-order chi connectivity index (χ1) is 7.78. The van der Waals surface area contributed by atoms with Crippen LogP contribution in [0.3, 0.4) is 0 Å². The van der Waals surface area contributed by atoms with Gasteiger partial charge < -0.3 is 10.1 Å². The number of carbonyl (C=O) groups is 1. The maximum atomic E-state index is 12.2. The van der Waals surface area contributed by atoms with Crippen LogP contribution in [0.5, 0.6) is 0 Å². The van der Waals surface area contributed by atoms with Crippen molar-refractivity contribution in [1.82, 2.24) is 5.32 Å². The van der Waals surface area contributed by atoms with Gasteiger partial charge in [0.15, 0.2) is 0 Å². The molecule has 1 N–H and O–H groups in total. The molecule has 0 bridgehead atoms. The van der Waals surface area contributed by atoms with E-state index in [1.807, 2.05) is 0 Å². The zero-order chi connectivity index (χ0) is 13.1. The molecule has 1 atom stereocenters. The smallest absolute Gasteiger partial charge is 0.313 e. The van der Waals surface area contributed by atoms with E-state index < -0.39 is 0 Å². The summed E-state index contributed by atoms with van der Waals surface area (Å²) >= 11 is 0. The predicted octanol–water partition coefficient (Wildman–Crippen LogP) is 2.60. The molecule has 0 aromatic carbocycles.